The lowest BCUT2D eigenvalue weighted by Gasteiger charge is -2.36. The molecule has 3 saturated heterocycles. The molecule has 0 N–H and O–H groups in total. The van der Waals surface area contributed by atoms with Crippen LogP contribution in [0, 0.1) is 5.92 Å². The van der Waals surface area contributed by atoms with Crippen LogP contribution in [0.5, 0.6) is 0 Å². The summed E-state index contributed by atoms with van der Waals surface area (Å²) in [6.45, 7) is 7.15. The van der Waals surface area contributed by atoms with Gasteiger partial charge in [0, 0.05) is 58.0 Å². The number of carbonyl (C=O) groups is 3. The Bertz CT molecular complexity index is 778. The minimum atomic E-state index is -0.342. The van der Waals surface area contributed by atoms with Crippen LogP contribution in [0.25, 0.3) is 0 Å². The molecule has 3 fully saturated rings. The van der Waals surface area contributed by atoms with Gasteiger partial charge in [0.05, 0.1) is 17.8 Å². The Balaban J connectivity index is 1.32. The topological polar surface area (TPSA) is 88.0 Å². The number of hydrogen-bond donors (Lipinski definition) is 0. The van der Waals surface area contributed by atoms with Crippen molar-refractivity contribution in [2.45, 2.75) is 45.3 Å². The highest BCUT2D eigenvalue weighted by molar-refractivity contribution is 6.00. The molecule has 0 spiro atoms. The van der Waals surface area contributed by atoms with Crippen LogP contribution < -0.4 is 4.90 Å². The third kappa shape index (κ3) is 4.01. The monoisotopic (exact) mass is 403 g/mol. The van der Waals surface area contributed by atoms with Crippen molar-refractivity contribution < 1.29 is 19.1 Å². The van der Waals surface area contributed by atoms with Gasteiger partial charge in [0.2, 0.25) is 11.8 Å². The van der Waals surface area contributed by atoms with Gasteiger partial charge in [-0.3, -0.25) is 19.1 Å². The molecule has 0 saturated carbocycles. The zero-order chi connectivity index (χ0) is 20.5. The molecule has 0 unspecified atom stereocenters. The van der Waals surface area contributed by atoms with Crippen molar-refractivity contribution in [3.05, 3.63) is 12.4 Å². The van der Waals surface area contributed by atoms with Crippen molar-refractivity contribution in [3.8, 4) is 0 Å². The number of nitrogens with zero attached hydrogens (tertiary/aromatic N) is 5. The summed E-state index contributed by atoms with van der Waals surface area (Å²) in [6, 6.07) is 0.215. The molecule has 0 bridgehead atoms. The fourth-order valence-corrected chi connectivity index (χ4v) is 4.25. The number of piperazine rings is 1. The van der Waals surface area contributed by atoms with Gasteiger partial charge in [-0.05, 0) is 26.7 Å². The molecule has 1 aromatic rings. The predicted octanol–water partition coefficient (Wildman–Crippen LogP) is 0.667. The van der Waals surface area contributed by atoms with Gasteiger partial charge in [0.1, 0.15) is 6.10 Å². The van der Waals surface area contributed by atoms with Gasteiger partial charge in [0.15, 0.2) is 0 Å². The fraction of sp³-hybridized carbons (Fsp3) is 0.700. The fourth-order valence-electron chi connectivity index (χ4n) is 4.25. The van der Waals surface area contributed by atoms with Crippen LogP contribution in [0.3, 0.4) is 0 Å². The highest BCUT2D eigenvalue weighted by Crippen LogP contribution is 2.27. The smallest absolute Gasteiger partial charge is 0.251 e. The zero-order valence-corrected chi connectivity index (χ0v) is 17.1. The Morgan fingerprint density at radius 3 is 2.41 bits per heavy atom. The number of ether oxygens (including phenoxy) is 1. The molecule has 1 aromatic heterocycles. The molecule has 3 aliphatic heterocycles. The Labute approximate surface area is 170 Å². The van der Waals surface area contributed by atoms with Crippen LogP contribution in [-0.4, -0.2) is 82.7 Å². The summed E-state index contributed by atoms with van der Waals surface area (Å²) in [4.78, 5) is 43.2. The quantitative estimate of drug-likeness (QED) is 0.737. The number of rotatable bonds is 4. The second-order valence-electron chi connectivity index (χ2n) is 8.33. The average Bonchev–Trinajstić information content (AvgIpc) is 3.47. The second kappa shape index (κ2) is 8.14. The number of amides is 3. The lowest BCUT2D eigenvalue weighted by atomic mass is 10.1. The molecule has 2 atom stereocenters. The Morgan fingerprint density at radius 2 is 1.83 bits per heavy atom. The van der Waals surface area contributed by atoms with Gasteiger partial charge < -0.3 is 19.4 Å². The largest absolute Gasteiger partial charge is 0.368 e. The molecule has 3 amide bonds. The summed E-state index contributed by atoms with van der Waals surface area (Å²) in [6.07, 6.45) is 5.15. The second-order valence-corrected chi connectivity index (χ2v) is 8.33. The number of aromatic nitrogens is 2. The summed E-state index contributed by atoms with van der Waals surface area (Å²) in [5.41, 5.74) is 0.742. The van der Waals surface area contributed by atoms with Gasteiger partial charge in [-0.25, -0.2) is 0 Å². The van der Waals surface area contributed by atoms with E-state index in [1.807, 2.05) is 24.7 Å². The highest BCUT2D eigenvalue weighted by Gasteiger charge is 2.39. The van der Waals surface area contributed by atoms with E-state index in [0.717, 1.165) is 18.5 Å². The van der Waals surface area contributed by atoms with Crippen molar-refractivity contribution in [3.63, 3.8) is 0 Å². The van der Waals surface area contributed by atoms with Crippen molar-refractivity contribution in [2.24, 2.45) is 5.92 Å². The van der Waals surface area contributed by atoms with E-state index >= 15 is 0 Å². The van der Waals surface area contributed by atoms with E-state index in [1.165, 1.54) is 0 Å². The molecule has 0 radical (unpaired) electrons. The zero-order valence-electron chi connectivity index (χ0n) is 17.1. The predicted molar refractivity (Wildman–Crippen MR) is 105 cm³/mol. The van der Waals surface area contributed by atoms with E-state index in [-0.39, 0.29) is 42.2 Å². The Kier molecular flexibility index (Phi) is 5.58. The van der Waals surface area contributed by atoms with Crippen LogP contribution >= 0.6 is 0 Å². The third-order valence-electron chi connectivity index (χ3n) is 6.01. The number of carbonyl (C=O) groups excluding carboxylic acids is 3. The van der Waals surface area contributed by atoms with Crippen LogP contribution in [0.15, 0.2) is 12.4 Å². The van der Waals surface area contributed by atoms with Gasteiger partial charge >= 0.3 is 0 Å². The maximum absolute atomic E-state index is 13.0. The first-order chi connectivity index (χ1) is 13.9. The average molecular weight is 403 g/mol. The van der Waals surface area contributed by atoms with E-state index in [0.29, 0.717) is 39.3 Å². The van der Waals surface area contributed by atoms with Gasteiger partial charge in [-0.15, -0.1) is 0 Å². The molecule has 0 aromatic carbocycles. The van der Waals surface area contributed by atoms with Gasteiger partial charge in [0.25, 0.3) is 5.91 Å². The third-order valence-corrected chi connectivity index (χ3v) is 6.01. The van der Waals surface area contributed by atoms with E-state index < -0.39 is 0 Å². The van der Waals surface area contributed by atoms with Crippen molar-refractivity contribution in [1.29, 1.82) is 0 Å². The minimum absolute atomic E-state index is 0.00122. The van der Waals surface area contributed by atoms with Gasteiger partial charge in [-0.2, -0.15) is 5.10 Å². The maximum Gasteiger partial charge on any atom is 0.251 e. The van der Waals surface area contributed by atoms with E-state index in [2.05, 4.69) is 5.10 Å². The standard InChI is InChI=1S/C20H29N5O4/c1-14(2)25-13-16(11-21-25)24-12-15(10-18(24)26)19(27)22-5-7-23(8-6-22)20(28)17-4-3-9-29-17/h11,13-15,17H,3-10,12H2,1-2H3/t15-,17-/m1/s1. The first-order valence-corrected chi connectivity index (χ1v) is 10.5. The number of hydrogen-bond acceptors (Lipinski definition) is 5. The molecule has 0 aliphatic carbocycles. The molecule has 3 aliphatic rings. The lowest BCUT2D eigenvalue weighted by Crippen LogP contribution is -2.54. The molecular weight excluding hydrogens is 374 g/mol. The Hall–Kier alpha value is -2.42. The van der Waals surface area contributed by atoms with Crippen LogP contribution in [0.4, 0.5) is 5.69 Å². The van der Waals surface area contributed by atoms with E-state index in [4.69, 9.17) is 4.74 Å². The van der Waals surface area contributed by atoms with Crippen molar-refractivity contribution in [1.82, 2.24) is 19.6 Å². The normalized spacial score (nSPS) is 25.3. The van der Waals surface area contributed by atoms with Crippen molar-refractivity contribution >= 4 is 23.4 Å². The lowest BCUT2D eigenvalue weighted by molar-refractivity contribution is -0.147. The van der Waals surface area contributed by atoms with Gasteiger partial charge in [-0.1, -0.05) is 0 Å². The molecule has 9 nitrogen and oxygen atoms in total. The highest BCUT2D eigenvalue weighted by atomic mass is 16.5. The summed E-state index contributed by atoms with van der Waals surface area (Å²) in [5.74, 6) is -0.343. The number of anilines is 1. The van der Waals surface area contributed by atoms with Crippen LogP contribution in [0.1, 0.15) is 39.2 Å². The first-order valence-electron chi connectivity index (χ1n) is 10.5. The van der Waals surface area contributed by atoms with Crippen LogP contribution in [0.2, 0.25) is 0 Å². The molecule has 4 rings (SSSR count). The van der Waals surface area contributed by atoms with E-state index in [9.17, 15) is 14.4 Å². The molecule has 29 heavy (non-hydrogen) atoms. The summed E-state index contributed by atoms with van der Waals surface area (Å²) in [7, 11) is 0. The summed E-state index contributed by atoms with van der Waals surface area (Å²) >= 11 is 0. The van der Waals surface area contributed by atoms with E-state index in [1.54, 1.807) is 20.9 Å². The SMILES string of the molecule is CC(C)n1cc(N2C[C@H](C(=O)N3CCN(C(=O)[C@H]4CCCO4)CC3)CC2=O)cn1. The van der Waals surface area contributed by atoms with Crippen LogP contribution in [-0.2, 0) is 19.1 Å². The first kappa shape index (κ1) is 19.9. The molecule has 9 heteroatoms. The maximum atomic E-state index is 13.0. The Morgan fingerprint density at radius 1 is 1.14 bits per heavy atom. The molecular formula is C20H29N5O4. The minimum Gasteiger partial charge on any atom is -0.368 e. The molecule has 4 heterocycles. The summed E-state index contributed by atoms with van der Waals surface area (Å²) < 4.78 is 7.29. The molecule has 158 valence electrons. The summed E-state index contributed by atoms with van der Waals surface area (Å²) in [5, 5.41) is 4.29. The van der Waals surface area contributed by atoms with Crippen molar-refractivity contribution in [2.75, 3.05) is 44.2 Å².